The van der Waals surface area contributed by atoms with Crippen molar-refractivity contribution >= 4 is 11.0 Å². The van der Waals surface area contributed by atoms with Gasteiger partial charge in [-0.15, -0.1) is 0 Å². The molecular weight excluding hydrogens is 388 g/mol. The Bertz CT molecular complexity index is 660. The summed E-state index contributed by atoms with van der Waals surface area (Å²) in [7, 11) is 0. The topological polar surface area (TPSA) is 17.8 Å². The summed E-state index contributed by atoms with van der Waals surface area (Å²) in [5.41, 5.74) is 2.40. The van der Waals surface area contributed by atoms with Gasteiger partial charge in [-0.3, -0.25) is 0 Å². The van der Waals surface area contributed by atoms with Crippen LogP contribution < -0.4 is 0 Å². The molecule has 0 N–H and O–H groups in total. The second-order valence-corrected chi connectivity index (χ2v) is 10.00. The first-order valence-electron chi connectivity index (χ1n) is 14.3. The van der Waals surface area contributed by atoms with Gasteiger partial charge in [-0.2, -0.15) is 0 Å². The molecule has 0 saturated carbocycles. The molecule has 0 aliphatic heterocycles. The Labute approximate surface area is 199 Å². The highest BCUT2D eigenvalue weighted by molar-refractivity contribution is 5.74. The van der Waals surface area contributed by atoms with Gasteiger partial charge in [-0.1, -0.05) is 147 Å². The molecule has 182 valence electrons. The molecule has 2 heteroatoms. The van der Waals surface area contributed by atoms with Crippen molar-refractivity contribution in [1.82, 2.24) is 9.55 Å². The van der Waals surface area contributed by atoms with Gasteiger partial charge in [-0.05, 0) is 18.6 Å². The Kier molecular flexibility index (Phi) is 16.2. The van der Waals surface area contributed by atoms with E-state index in [1.54, 1.807) is 0 Å². The smallest absolute Gasteiger partial charge is 0.0958 e. The molecule has 32 heavy (non-hydrogen) atoms. The van der Waals surface area contributed by atoms with Crippen LogP contribution in [0.5, 0.6) is 0 Å². The minimum absolute atomic E-state index is 1.11. The number of aromatic nitrogens is 2. The van der Waals surface area contributed by atoms with Gasteiger partial charge < -0.3 is 4.57 Å². The zero-order valence-corrected chi connectivity index (χ0v) is 21.3. The molecule has 2 rings (SSSR count). The predicted octanol–water partition coefficient (Wildman–Crippen LogP) is 10.2. The van der Waals surface area contributed by atoms with Crippen LogP contribution in [0.4, 0.5) is 0 Å². The van der Waals surface area contributed by atoms with Gasteiger partial charge in [0.15, 0.2) is 0 Å². The van der Waals surface area contributed by atoms with Gasteiger partial charge in [0, 0.05) is 6.54 Å². The van der Waals surface area contributed by atoms with Crippen molar-refractivity contribution in [3.05, 3.63) is 30.6 Å². The van der Waals surface area contributed by atoms with E-state index in [4.69, 9.17) is 0 Å². The van der Waals surface area contributed by atoms with Crippen LogP contribution in [0.2, 0.25) is 0 Å². The van der Waals surface area contributed by atoms with E-state index in [2.05, 4.69) is 40.7 Å². The second kappa shape index (κ2) is 19.2. The molecule has 2 nitrogen and oxygen atoms in total. The van der Waals surface area contributed by atoms with Gasteiger partial charge in [0.1, 0.15) is 0 Å². The second-order valence-electron chi connectivity index (χ2n) is 10.00. The maximum Gasteiger partial charge on any atom is 0.0958 e. The van der Waals surface area contributed by atoms with Crippen molar-refractivity contribution in [1.29, 1.82) is 0 Å². The van der Waals surface area contributed by atoms with Gasteiger partial charge in [0.2, 0.25) is 0 Å². The molecule has 0 amide bonds. The SMILES string of the molecule is CCCCCCCCCCCCCCCCCCCCCCCn1cnc2ccccc21. The Morgan fingerprint density at radius 3 is 1.41 bits per heavy atom. The number of para-hydroxylation sites is 2. The Balaban J connectivity index is 1.25. The van der Waals surface area contributed by atoms with Crippen molar-refractivity contribution in [3.63, 3.8) is 0 Å². The average Bonchev–Trinajstić information content (AvgIpc) is 3.23. The molecule has 2 aromatic rings. The van der Waals surface area contributed by atoms with Crippen molar-refractivity contribution < 1.29 is 0 Å². The van der Waals surface area contributed by atoms with Crippen molar-refractivity contribution in [3.8, 4) is 0 Å². The van der Waals surface area contributed by atoms with E-state index in [0.717, 1.165) is 12.1 Å². The van der Waals surface area contributed by atoms with E-state index in [1.165, 1.54) is 140 Å². The Morgan fingerprint density at radius 1 is 0.531 bits per heavy atom. The van der Waals surface area contributed by atoms with E-state index in [0.29, 0.717) is 0 Å². The summed E-state index contributed by atoms with van der Waals surface area (Å²) in [6.45, 7) is 3.41. The fourth-order valence-electron chi connectivity index (χ4n) is 4.90. The van der Waals surface area contributed by atoms with Crippen LogP contribution in [-0.4, -0.2) is 9.55 Å². The molecule has 0 saturated heterocycles. The number of benzene rings is 1. The third kappa shape index (κ3) is 12.7. The van der Waals surface area contributed by atoms with Crippen LogP contribution in [0.15, 0.2) is 30.6 Å². The minimum Gasteiger partial charge on any atom is -0.331 e. The molecule has 1 aromatic carbocycles. The highest BCUT2D eigenvalue weighted by atomic mass is 15.0. The number of rotatable bonds is 22. The van der Waals surface area contributed by atoms with Crippen LogP contribution in [0.1, 0.15) is 142 Å². The summed E-state index contributed by atoms with van der Waals surface area (Å²) in [6.07, 6.45) is 32.3. The van der Waals surface area contributed by atoms with Gasteiger partial charge in [-0.25, -0.2) is 4.98 Å². The van der Waals surface area contributed by atoms with Crippen molar-refractivity contribution in [2.45, 2.75) is 148 Å². The summed E-state index contributed by atoms with van der Waals surface area (Å²) in [6, 6.07) is 8.46. The molecule has 0 bridgehead atoms. The molecule has 0 unspecified atom stereocenters. The van der Waals surface area contributed by atoms with Crippen LogP contribution >= 0.6 is 0 Å². The highest BCUT2D eigenvalue weighted by Crippen LogP contribution is 2.16. The Hall–Kier alpha value is -1.31. The van der Waals surface area contributed by atoms with Crippen LogP contribution in [0.25, 0.3) is 11.0 Å². The predicted molar refractivity (Wildman–Crippen MR) is 142 cm³/mol. The van der Waals surface area contributed by atoms with Crippen molar-refractivity contribution in [2.75, 3.05) is 0 Å². The van der Waals surface area contributed by atoms with Crippen LogP contribution in [0.3, 0.4) is 0 Å². The van der Waals surface area contributed by atoms with Crippen LogP contribution in [-0.2, 0) is 6.54 Å². The quantitative estimate of drug-likeness (QED) is 0.166. The van der Waals surface area contributed by atoms with E-state index in [-0.39, 0.29) is 0 Å². The zero-order valence-electron chi connectivity index (χ0n) is 21.3. The molecule has 1 aromatic heterocycles. The summed E-state index contributed by atoms with van der Waals surface area (Å²) in [5.74, 6) is 0. The highest BCUT2D eigenvalue weighted by Gasteiger charge is 2.01. The molecule has 0 fully saturated rings. The van der Waals surface area contributed by atoms with Gasteiger partial charge in [0.05, 0.1) is 17.4 Å². The lowest BCUT2D eigenvalue weighted by Crippen LogP contribution is -1.95. The monoisotopic (exact) mass is 440 g/mol. The fraction of sp³-hybridized carbons (Fsp3) is 0.767. The molecule has 0 spiro atoms. The first-order chi connectivity index (χ1) is 15.9. The molecule has 1 heterocycles. The molecular formula is C30H52N2. The average molecular weight is 441 g/mol. The number of hydrogen-bond donors (Lipinski definition) is 0. The number of aryl methyl sites for hydroxylation is 1. The number of unbranched alkanes of at least 4 members (excludes halogenated alkanes) is 20. The summed E-state index contributed by atoms with van der Waals surface area (Å²) in [5, 5.41) is 0. The molecule has 0 atom stereocenters. The van der Waals surface area contributed by atoms with E-state index < -0.39 is 0 Å². The number of fused-ring (bicyclic) bond motifs is 1. The van der Waals surface area contributed by atoms with Gasteiger partial charge in [0.25, 0.3) is 0 Å². The van der Waals surface area contributed by atoms with E-state index in [1.807, 2.05) is 6.33 Å². The molecule has 0 aliphatic carbocycles. The number of imidazole rings is 1. The maximum atomic E-state index is 4.49. The fourth-order valence-corrected chi connectivity index (χ4v) is 4.90. The third-order valence-corrected chi connectivity index (χ3v) is 7.03. The third-order valence-electron chi connectivity index (χ3n) is 7.03. The minimum atomic E-state index is 1.11. The summed E-state index contributed by atoms with van der Waals surface area (Å²) < 4.78 is 2.31. The largest absolute Gasteiger partial charge is 0.331 e. The summed E-state index contributed by atoms with van der Waals surface area (Å²) in [4.78, 5) is 4.49. The lowest BCUT2D eigenvalue weighted by Gasteiger charge is -2.05. The van der Waals surface area contributed by atoms with Crippen molar-refractivity contribution in [2.24, 2.45) is 0 Å². The first kappa shape index (κ1) is 26.9. The normalized spacial score (nSPS) is 11.5. The molecule has 0 radical (unpaired) electrons. The van der Waals surface area contributed by atoms with E-state index in [9.17, 15) is 0 Å². The first-order valence-corrected chi connectivity index (χ1v) is 14.3. The maximum absolute atomic E-state index is 4.49. The Morgan fingerprint density at radius 2 is 0.938 bits per heavy atom. The number of hydrogen-bond acceptors (Lipinski definition) is 1. The standard InChI is InChI=1S/C30H52N2/c1-2-3-4-5-6-7-8-9-10-11-12-13-14-15-16-17-18-19-20-21-24-27-32-28-31-29-25-22-23-26-30(29)32/h22-23,25-26,28H,2-21,24,27H2,1H3. The lowest BCUT2D eigenvalue weighted by atomic mass is 10.0. The molecule has 0 aliphatic rings. The van der Waals surface area contributed by atoms with Gasteiger partial charge >= 0.3 is 0 Å². The number of nitrogens with zero attached hydrogens (tertiary/aromatic N) is 2. The zero-order chi connectivity index (χ0) is 22.5. The van der Waals surface area contributed by atoms with E-state index >= 15 is 0 Å². The van der Waals surface area contributed by atoms with Crippen LogP contribution in [0, 0.1) is 0 Å². The lowest BCUT2D eigenvalue weighted by molar-refractivity contribution is 0.516. The summed E-state index contributed by atoms with van der Waals surface area (Å²) >= 11 is 0.